The molecule has 1 aliphatic heterocycles. The Labute approximate surface area is 253 Å². The minimum absolute atomic E-state index is 0.0892. The van der Waals surface area contributed by atoms with Gasteiger partial charge in [0, 0.05) is 54.7 Å². The second kappa shape index (κ2) is 12.4. The molecular formula is C32H32ClFN4O5. The number of hydrogen-bond donors (Lipinski definition) is 2. The van der Waals surface area contributed by atoms with Crippen molar-refractivity contribution in [1.29, 1.82) is 0 Å². The third-order valence-electron chi connectivity index (χ3n) is 7.15. The number of benzene rings is 3. The Hall–Kier alpha value is -4.41. The summed E-state index contributed by atoms with van der Waals surface area (Å²) in [4.78, 5) is 22.6. The topological polar surface area (TPSA) is 106 Å². The van der Waals surface area contributed by atoms with Crippen LogP contribution in [0.4, 0.5) is 15.9 Å². The van der Waals surface area contributed by atoms with E-state index >= 15 is 0 Å². The Morgan fingerprint density at radius 3 is 2.58 bits per heavy atom. The van der Waals surface area contributed by atoms with Crippen molar-refractivity contribution in [3.63, 3.8) is 0 Å². The maximum atomic E-state index is 13.7. The SMILES string of the molecule is C=CC(=O)N1CCC(Oc2cc3c(Nc4cc(Cl)c(Oc5cccc(F)c5)cc4C(C)(C)O)ncnc3cc2OC)CC1. The first kappa shape index (κ1) is 30.1. The van der Waals surface area contributed by atoms with Gasteiger partial charge in [0.1, 0.15) is 35.6 Å². The molecular weight excluding hydrogens is 575 g/mol. The van der Waals surface area contributed by atoms with Crippen LogP contribution < -0.4 is 19.5 Å². The van der Waals surface area contributed by atoms with Crippen LogP contribution in [0.15, 0.2) is 67.5 Å². The first-order chi connectivity index (χ1) is 20.5. The Balaban J connectivity index is 1.47. The lowest BCUT2D eigenvalue weighted by molar-refractivity contribution is -0.127. The highest BCUT2D eigenvalue weighted by molar-refractivity contribution is 6.32. The van der Waals surface area contributed by atoms with Crippen molar-refractivity contribution in [2.24, 2.45) is 0 Å². The number of rotatable bonds is 9. The van der Waals surface area contributed by atoms with Gasteiger partial charge in [0.2, 0.25) is 5.91 Å². The van der Waals surface area contributed by atoms with Gasteiger partial charge in [-0.1, -0.05) is 24.2 Å². The van der Waals surface area contributed by atoms with Crippen LogP contribution in [0.3, 0.4) is 0 Å². The molecule has 1 aliphatic rings. The summed E-state index contributed by atoms with van der Waals surface area (Å²) in [6, 6.07) is 12.5. The second-order valence-corrected chi connectivity index (χ2v) is 11.1. The molecule has 2 heterocycles. The summed E-state index contributed by atoms with van der Waals surface area (Å²) in [5, 5.41) is 15.2. The molecule has 11 heteroatoms. The molecule has 1 fully saturated rings. The van der Waals surface area contributed by atoms with Crippen molar-refractivity contribution in [2.45, 2.75) is 38.4 Å². The molecule has 2 N–H and O–H groups in total. The number of piperidine rings is 1. The van der Waals surface area contributed by atoms with E-state index in [-0.39, 0.29) is 28.5 Å². The van der Waals surface area contributed by atoms with Gasteiger partial charge in [0.05, 0.1) is 23.3 Å². The highest BCUT2D eigenvalue weighted by Gasteiger charge is 2.26. The van der Waals surface area contributed by atoms with Crippen LogP contribution in [0.2, 0.25) is 5.02 Å². The molecule has 1 amide bonds. The molecule has 0 atom stereocenters. The van der Waals surface area contributed by atoms with Crippen LogP contribution >= 0.6 is 11.6 Å². The van der Waals surface area contributed by atoms with E-state index < -0.39 is 11.4 Å². The predicted octanol–water partition coefficient (Wildman–Crippen LogP) is 6.75. The van der Waals surface area contributed by atoms with E-state index in [0.717, 1.165) is 0 Å². The summed E-state index contributed by atoms with van der Waals surface area (Å²) in [6.07, 6.45) is 3.95. The maximum Gasteiger partial charge on any atom is 0.245 e. The number of carbonyl (C=O) groups is 1. The van der Waals surface area contributed by atoms with E-state index in [9.17, 15) is 14.3 Å². The first-order valence-electron chi connectivity index (χ1n) is 13.7. The molecule has 0 aliphatic carbocycles. The monoisotopic (exact) mass is 606 g/mol. The fraction of sp³-hybridized carbons (Fsp3) is 0.281. The number of nitrogens with zero attached hydrogens (tertiary/aromatic N) is 3. The average Bonchev–Trinajstić information content (AvgIpc) is 2.98. The number of fused-ring (bicyclic) bond motifs is 1. The van der Waals surface area contributed by atoms with Crippen molar-refractivity contribution in [1.82, 2.24) is 14.9 Å². The summed E-state index contributed by atoms with van der Waals surface area (Å²) in [5.41, 5.74) is 0.257. The quantitative estimate of drug-likeness (QED) is 0.202. The normalized spacial score (nSPS) is 14.0. The highest BCUT2D eigenvalue weighted by Crippen LogP contribution is 2.41. The number of hydrogen-bond acceptors (Lipinski definition) is 8. The van der Waals surface area contributed by atoms with Crippen molar-refractivity contribution in [3.8, 4) is 23.0 Å². The number of nitrogens with one attached hydrogen (secondary N) is 1. The van der Waals surface area contributed by atoms with E-state index in [0.29, 0.717) is 65.4 Å². The number of aromatic nitrogens is 2. The molecule has 1 saturated heterocycles. The number of carbonyl (C=O) groups excluding carboxylic acids is 1. The standard InChI is InChI=1S/C32H32ClFN4O5/c1-5-30(39)38-11-9-20(10-12-38)42-29-14-22-25(17-28(29)41-4)35-18-36-31(22)37-26-16-24(33)27(15-23(26)32(2,3)40)43-21-8-6-7-19(34)13-21/h5-8,13-18,20,40H,1,9-12H2,2-4H3,(H,35,36,37). The van der Waals surface area contributed by atoms with Crippen LogP contribution in [0, 0.1) is 5.82 Å². The zero-order chi connectivity index (χ0) is 30.7. The van der Waals surface area contributed by atoms with Gasteiger partial charge in [-0.25, -0.2) is 14.4 Å². The number of amides is 1. The predicted molar refractivity (Wildman–Crippen MR) is 163 cm³/mol. The molecule has 224 valence electrons. The third kappa shape index (κ3) is 6.81. The van der Waals surface area contributed by atoms with Crippen LogP contribution in [-0.4, -0.2) is 52.2 Å². The second-order valence-electron chi connectivity index (χ2n) is 10.7. The summed E-state index contributed by atoms with van der Waals surface area (Å²) in [6.45, 7) is 7.97. The van der Waals surface area contributed by atoms with Gasteiger partial charge in [-0.05, 0) is 50.3 Å². The Kier molecular flexibility index (Phi) is 8.70. The fourth-order valence-corrected chi connectivity index (χ4v) is 5.15. The minimum Gasteiger partial charge on any atom is -0.493 e. The molecule has 0 spiro atoms. The van der Waals surface area contributed by atoms with Crippen LogP contribution in [0.5, 0.6) is 23.0 Å². The lowest BCUT2D eigenvalue weighted by atomic mass is 9.96. The maximum absolute atomic E-state index is 13.7. The lowest BCUT2D eigenvalue weighted by Gasteiger charge is -2.31. The van der Waals surface area contributed by atoms with Gasteiger partial charge in [0.15, 0.2) is 11.5 Å². The largest absolute Gasteiger partial charge is 0.493 e. The molecule has 1 aromatic heterocycles. The number of anilines is 2. The van der Waals surface area contributed by atoms with E-state index in [1.165, 1.54) is 30.6 Å². The van der Waals surface area contributed by atoms with Gasteiger partial charge in [-0.2, -0.15) is 0 Å². The Bertz CT molecular complexity index is 1670. The molecule has 43 heavy (non-hydrogen) atoms. The molecule has 4 aromatic rings. The summed E-state index contributed by atoms with van der Waals surface area (Å²) >= 11 is 6.60. The van der Waals surface area contributed by atoms with Gasteiger partial charge in [-0.15, -0.1) is 0 Å². The molecule has 3 aromatic carbocycles. The van der Waals surface area contributed by atoms with Crippen molar-refractivity contribution < 1.29 is 28.5 Å². The third-order valence-corrected chi connectivity index (χ3v) is 7.45. The first-order valence-corrected chi connectivity index (χ1v) is 14.1. The minimum atomic E-state index is -1.31. The van der Waals surface area contributed by atoms with Crippen LogP contribution in [-0.2, 0) is 10.4 Å². The van der Waals surface area contributed by atoms with Gasteiger partial charge >= 0.3 is 0 Å². The fourth-order valence-electron chi connectivity index (χ4n) is 4.94. The Morgan fingerprint density at radius 1 is 1.14 bits per heavy atom. The zero-order valence-corrected chi connectivity index (χ0v) is 24.8. The zero-order valence-electron chi connectivity index (χ0n) is 24.1. The number of likely N-dealkylation sites (tertiary alicyclic amines) is 1. The average molecular weight is 607 g/mol. The summed E-state index contributed by atoms with van der Waals surface area (Å²) in [5.74, 6) is 1.47. The van der Waals surface area contributed by atoms with E-state index in [4.69, 9.17) is 25.8 Å². The van der Waals surface area contributed by atoms with E-state index in [1.54, 1.807) is 50.1 Å². The van der Waals surface area contributed by atoms with Crippen molar-refractivity contribution in [3.05, 3.63) is 83.9 Å². The number of methoxy groups -OCH3 is 1. The van der Waals surface area contributed by atoms with E-state index in [2.05, 4.69) is 21.9 Å². The van der Waals surface area contributed by atoms with Crippen LogP contribution in [0.25, 0.3) is 10.9 Å². The van der Waals surface area contributed by atoms with Crippen molar-refractivity contribution in [2.75, 3.05) is 25.5 Å². The van der Waals surface area contributed by atoms with Gasteiger partial charge in [0.25, 0.3) is 0 Å². The summed E-state index contributed by atoms with van der Waals surface area (Å²) < 4.78 is 31.5. The molecule has 9 nitrogen and oxygen atoms in total. The lowest BCUT2D eigenvalue weighted by Crippen LogP contribution is -2.41. The van der Waals surface area contributed by atoms with E-state index in [1.807, 2.05) is 6.07 Å². The molecule has 5 rings (SSSR count). The van der Waals surface area contributed by atoms with Crippen LogP contribution in [0.1, 0.15) is 32.3 Å². The van der Waals surface area contributed by atoms with Crippen molar-refractivity contribution >= 4 is 39.9 Å². The summed E-state index contributed by atoms with van der Waals surface area (Å²) in [7, 11) is 1.56. The van der Waals surface area contributed by atoms with Gasteiger partial charge < -0.3 is 29.5 Å². The smallest absolute Gasteiger partial charge is 0.245 e. The molecule has 0 saturated carbocycles. The number of halogens is 2. The number of aliphatic hydroxyl groups is 1. The molecule has 0 radical (unpaired) electrons. The Morgan fingerprint density at radius 2 is 1.91 bits per heavy atom. The highest BCUT2D eigenvalue weighted by atomic mass is 35.5. The van der Waals surface area contributed by atoms with Gasteiger partial charge in [-0.3, -0.25) is 4.79 Å². The molecule has 0 bridgehead atoms. The number of ether oxygens (including phenoxy) is 3. The molecule has 0 unspecified atom stereocenters.